The molecular formula is C9H12OS2. The van der Waals surface area contributed by atoms with Gasteiger partial charge in [-0.1, -0.05) is 6.07 Å². The first-order valence-electron chi connectivity index (χ1n) is 3.66. The third-order valence-corrected chi connectivity index (χ3v) is 2.69. The number of hydrogen-bond acceptors (Lipinski definition) is 3. The number of thiol groups is 1. The summed E-state index contributed by atoms with van der Waals surface area (Å²) < 4.78 is 5.20. The van der Waals surface area contributed by atoms with Crippen LogP contribution in [0.4, 0.5) is 0 Å². The van der Waals surface area contributed by atoms with Crippen molar-refractivity contribution in [1.82, 2.24) is 0 Å². The minimum absolute atomic E-state index is 0.778. The number of methoxy groups -OCH3 is 1. The molecule has 0 bridgehead atoms. The molecule has 0 N–H and O–H groups in total. The van der Waals surface area contributed by atoms with Gasteiger partial charge in [0.05, 0.1) is 12.0 Å². The Hall–Kier alpha value is -0.280. The average Bonchev–Trinajstić information content (AvgIpc) is 2.05. The standard InChI is InChI=1S/C9H12OS2/c1-7-3-4-8(10-2)9(5-7)12-6-11/h3-5,11H,6H2,1-2H3. The third kappa shape index (κ3) is 2.35. The van der Waals surface area contributed by atoms with Crippen LogP contribution in [0.2, 0.25) is 0 Å². The summed E-state index contributed by atoms with van der Waals surface area (Å²) in [6, 6.07) is 6.14. The second-order valence-electron chi connectivity index (χ2n) is 2.43. The van der Waals surface area contributed by atoms with Crippen molar-refractivity contribution in [2.45, 2.75) is 11.8 Å². The maximum Gasteiger partial charge on any atom is 0.132 e. The Labute approximate surface area is 82.9 Å². The first kappa shape index (κ1) is 9.81. The summed E-state index contributed by atoms with van der Waals surface area (Å²) in [4.78, 5) is 1.16. The number of hydrogen-bond donors (Lipinski definition) is 1. The molecule has 1 aromatic rings. The molecule has 0 radical (unpaired) electrons. The van der Waals surface area contributed by atoms with Crippen LogP contribution in [0.15, 0.2) is 23.1 Å². The van der Waals surface area contributed by atoms with E-state index in [9.17, 15) is 0 Å². The summed E-state index contributed by atoms with van der Waals surface area (Å²) in [5.74, 6) is 0.930. The maximum absolute atomic E-state index is 5.20. The fourth-order valence-corrected chi connectivity index (χ4v) is 2.09. The van der Waals surface area contributed by atoms with Crippen molar-refractivity contribution in [2.24, 2.45) is 0 Å². The van der Waals surface area contributed by atoms with Crippen molar-refractivity contribution in [1.29, 1.82) is 0 Å². The Balaban J connectivity index is 2.95. The van der Waals surface area contributed by atoms with Gasteiger partial charge in [0, 0.05) is 5.08 Å². The predicted octanol–water partition coefficient (Wildman–Crippen LogP) is 2.98. The van der Waals surface area contributed by atoms with Crippen LogP contribution in [0.5, 0.6) is 5.75 Å². The lowest BCUT2D eigenvalue weighted by molar-refractivity contribution is 0.404. The van der Waals surface area contributed by atoms with E-state index in [-0.39, 0.29) is 0 Å². The van der Waals surface area contributed by atoms with Crippen molar-refractivity contribution in [3.63, 3.8) is 0 Å². The van der Waals surface area contributed by atoms with Gasteiger partial charge in [-0.25, -0.2) is 0 Å². The summed E-state index contributed by atoms with van der Waals surface area (Å²) in [5.41, 5.74) is 1.25. The highest BCUT2D eigenvalue weighted by Crippen LogP contribution is 2.30. The van der Waals surface area contributed by atoms with Gasteiger partial charge in [-0.05, 0) is 24.6 Å². The lowest BCUT2D eigenvalue weighted by atomic mass is 10.2. The summed E-state index contributed by atoms with van der Waals surface area (Å²) in [6.07, 6.45) is 0. The number of thioether (sulfide) groups is 1. The molecule has 0 aliphatic carbocycles. The summed E-state index contributed by atoms with van der Waals surface area (Å²) >= 11 is 5.84. The molecule has 66 valence electrons. The van der Waals surface area contributed by atoms with Crippen molar-refractivity contribution < 1.29 is 4.74 Å². The van der Waals surface area contributed by atoms with Crippen molar-refractivity contribution in [2.75, 3.05) is 12.2 Å². The topological polar surface area (TPSA) is 9.23 Å². The van der Waals surface area contributed by atoms with Crippen LogP contribution in [0.25, 0.3) is 0 Å². The van der Waals surface area contributed by atoms with Crippen LogP contribution < -0.4 is 4.74 Å². The van der Waals surface area contributed by atoms with Crippen LogP contribution >= 0.6 is 24.4 Å². The molecule has 1 aromatic carbocycles. The Morgan fingerprint density at radius 2 is 2.25 bits per heavy atom. The van der Waals surface area contributed by atoms with Gasteiger partial charge in [0.2, 0.25) is 0 Å². The molecule has 0 heterocycles. The van der Waals surface area contributed by atoms with Gasteiger partial charge >= 0.3 is 0 Å². The molecule has 0 amide bonds. The number of aryl methyl sites for hydroxylation is 1. The largest absolute Gasteiger partial charge is 0.496 e. The first-order chi connectivity index (χ1) is 5.77. The second-order valence-corrected chi connectivity index (χ2v) is 4.19. The number of benzene rings is 1. The molecule has 0 spiro atoms. The van der Waals surface area contributed by atoms with E-state index in [2.05, 4.69) is 25.6 Å². The lowest BCUT2D eigenvalue weighted by Crippen LogP contribution is -1.86. The highest BCUT2D eigenvalue weighted by Gasteiger charge is 2.01. The van der Waals surface area contributed by atoms with E-state index in [1.807, 2.05) is 12.1 Å². The van der Waals surface area contributed by atoms with Crippen LogP contribution in [-0.2, 0) is 0 Å². The molecule has 1 rings (SSSR count). The highest BCUT2D eigenvalue weighted by molar-refractivity contribution is 8.09. The van der Waals surface area contributed by atoms with Gasteiger partial charge in [0.15, 0.2) is 0 Å². The minimum atomic E-state index is 0.778. The summed E-state index contributed by atoms with van der Waals surface area (Å²) in [5, 5.41) is 0.778. The molecule has 3 heteroatoms. The zero-order chi connectivity index (χ0) is 8.97. The van der Waals surface area contributed by atoms with E-state index in [0.29, 0.717) is 0 Å². The molecule has 12 heavy (non-hydrogen) atoms. The Morgan fingerprint density at radius 1 is 1.50 bits per heavy atom. The molecule has 0 atom stereocenters. The Bertz CT molecular complexity index is 261. The Kier molecular flexibility index (Phi) is 3.82. The van der Waals surface area contributed by atoms with E-state index in [1.54, 1.807) is 18.9 Å². The molecule has 0 fully saturated rings. The van der Waals surface area contributed by atoms with Gasteiger partial charge < -0.3 is 4.74 Å². The fraction of sp³-hybridized carbons (Fsp3) is 0.333. The van der Waals surface area contributed by atoms with Crippen LogP contribution in [-0.4, -0.2) is 12.2 Å². The zero-order valence-corrected chi connectivity index (χ0v) is 8.91. The first-order valence-corrected chi connectivity index (χ1v) is 5.28. The van der Waals surface area contributed by atoms with E-state index in [1.165, 1.54) is 5.56 Å². The molecule has 0 saturated heterocycles. The maximum atomic E-state index is 5.20. The number of rotatable bonds is 3. The highest BCUT2D eigenvalue weighted by atomic mass is 32.2. The minimum Gasteiger partial charge on any atom is -0.496 e. The van der Waals surface area contributed by atoms with Crippen molar-refractivity contribution >= 4 is 24.4 Å². The van der Waals surface area contributed by atoms with Crippen LogP contribution in [0.3, 0.4) is 0 Å². The van der Waals surface area contributed by atoms with Crippen LogP contribution in [0.1, 0.15) is 5.56 Å². The van der Waals surface area contributed by atoms with Gasteiger partial charge in [-0.15, -0.1) is 11.8 Å². The monoisotopic (exact) mass is 200 g/mol. The molecule has 0 aromatic heterocycles. The second kappa shape index (κ2) is 4.67. The lowest BCUT2D eigenvalue weighted by Gasteiger charge is -2.06. The predicted molar refractivity (Wildman–Crippen MR) is 57.4 cm³/mol. The number of ether oxygens (including phenoxy) is 1. The molecule has 1 nitrogen and oxygen atoms in total. The zero-order valence-electron chi connectivity index (χ0n) is 7.20. The SMILES string of the molecule is COc1ccc(C)cc1SCS. The van der Waals surface area contributed by atoms with E-state index < -0.39 is 0 Å². The van der Waals surface area contributed by atoms with Gasteiger partial charge in [-0.2, -0.15) is 12.6 Å². The fourth-order valence-electron chi connectivity index (χ4n) is 0.966. The van der Waals surface area contributed by atoms with Gasteiger partial charge in [0.1, 0.15) is 5.75 Å². The summed E-state index contributed by atoms with van der Waals surface area (Å²) in [6.45, 7) is 2.07. The average molecular weight is 200 g/mol. The molecule has 0 aliphatic rings. The van der Waals surface area contributed by atoms with Crippen molar-refractivity contribution in [3.8, 4) is 5.75 Å². The quantitative estimate of drug-likeness (QED) is 0.456. The molecule has 0 aliphatic heterocycles. The van der Waals surface area contributed by atoms with Crippen LogP contribution in [0, 0.1) is 6.92 Å². The smallest absolute Gasteiger partial charge is 0.132 e. The summed E-state index contributed by atoms with van der Waals surface area (Å²) in [7, 11) is 1.69. The van der Waals surface area contributed by atoms with E-state index >= 15 is 0 Å². The Morgan fingerprint density at radius 3 is 2.83 bits per heavy atom. The normalized spacial score (nSPS) is 9.92. The van der Waals surface area contributed by atoms with E-state index in [0.717, 1.165) is 15.7 Å². The third-order valence-electron chi connectivity index (χ3n) is 1.54. The molecule has 0 saturated carbocycles. The molecule has 0 unspecified atom stereocenters. The van der Waals surface area contributed by atoms with E-state index in [4.69, 9.17) is 4.74 Å². The molecular weight excluding hydrogens is 188 g/mol. The van der Waals surface area contributed by atoms with Gasteiger partial charge in [0.25, 0.3) is 0 Å². The van der Waals surface area contributed by atoms with Crippen molar-refractivity contribution in [3.05, 3.63) is 23.8 Å². The van der Waals surface area contributed by atoms with Gasteiger partial charge in [-0.3, -0.25) is 0 Å².